The first-order valence-electron chi connectivity index (χ1n) is 5.05. The van der Waals surface area contributed by atoms with Gasteiger partial charge in [-0.2, -0.15) is 0 Å². The van der Waals surface area contributed by atoms with Crippen LogP contribution >= 0.6 is 23.2 Å². The summed E-state index contributed by atoms with van der Waals surface area (Å²) in [7, 11) is 0. The number of halogens is 2. The zero-order valence-electron chi connectivity index (χ0n) is 9.13. The normalized spacial score (nSPS) is 10.5. The number of rotatable bonds is 3. The SMILES string of the molecule is Cc1[nH]cnc1C(=O)Cc1ccc(Cl)cc1Cl. The van der Waals surface area contributed by atoms with Crippen LogP contribution in [0.4, 0.5) is 0 Å². The summed E-state index contributed by atoms with van der Waals surface area (Å²) in [6.45, 7) is 1.81. The molecule has 1 N–H and O–H groups in total. The van der Waals surface area contributed by atoms with Crippen molar-refractivity contribution in [2.24, 2.45) is 0 Å². The summed E-state index contributed by atoms with van der Waals surface area (Å²) in [6.07, 6.45) is 1.73. The van der Waals surface area contributed by atoms with Gasteiger partial charge in [0, 0.05) is 22.2 Å². The number of carbonyl (C=O) groups excluding carboxylic acids is 1. The first-order chi connectivity index (χ1) is 8.08. The summed E-state index contributed by atoms with van der Waals surface area (Å²) in [4.78, 5) is 18.8. The molecule has 2 aromatic rings. The van der Waals surface area contributed by atoms with Crippen LogP contribution in [0.15, 0.2) is 24.5 Å². The number of carbonyl (C=O) groups is 1. The van der Waals surface area contributed by atoms with Crippen LogP contribution in [0.1, 0.15) is 21.7 Å². The van der Waals surface area contributed by atoms with Gasteiger partial charge in [-0.25, -0.2) is 4.98 Å². The number of aromatic nitrogens is 2. The number of hydrogen-bond acceptors (Lipinski definition) is 2. The van der Waals surface area contributed by atoms with Crippen molar-refractivity contribution in [1.29, 1.82) is 0 Å². The highest BCUT2D eigenvalue weighted by Gasteiger charge is 2.14. The van der Waals surface area contributed by atoms with Gasteiger partial charge in [0.25, 0.3) is 0 Å². The molecule has 88 valence electrons. The second-order valence-corrected chi connectivity index (χ2v) is 4.56. The fraction of sp³-hybridized carbons (Fsp3) is 0.167. The van der Waals surface area contributed by atoms with Crippen molar-refractivity contribution in [1.82, 2.24) is 9.97 Å². The Bertz CT molecular complexity index is 563. The Morgan fingerprint density at radius 1 is 1.41 bits per heavy atom. The van der Waals surface area contributed by atoms with Crippen molar-refractivity contribution >= 4 is 29.0 Å². The van der Waals surface area contributed by atoms with Gasteiger partial charge in [-0.05, 0) is 24.6 Å². The highest BCUT2D eigenvalue weighted by molar-refractivity contribution is 6.35. The second-order valence-electron chi connectivity index (χ2n) is 3.71. The summed E-state index contributed by atoms with van der Waals surface area (Å²) in [5, 5.41) is 1.06. The molecule has 0 unspecified atom stereocenters. The lowest BCUT2D eigenvalue weighted by Gasteiger charge is -2.03. The second kappa shape index (κ2) is 4.90. The Hall–Kier alpha value is -1.32. The predicted molar refractivity (Wildman–Crippen MR) is 67.8 cm³/mol. The van der Waals surface area contributed by atoms with E-state index in [0.717, 1.165) is 11.3 Å². The van der Waals surface area contributed by atoms with Gasteiger partial charge < -0.3 is 4.98 Å². The van der Waals surface area contributed by atoms with E-state index in [9.17, 15) is 4.79 Å². The van der Waals surface area contributed by atoms with Gasteiger partial charge in [0.15, 0.2) is 5.78 Å². The molecule has 1 aromatic heterocycles. The number of nitrogens with zero attached hydrogens (tertiary/aromatic N) is 1. The van der Waals surface area contributed by atoms with Gasteiger partial charge in [-0.15, -0.1) is 0 Å². The highest BCUT2D eigenvalue weighted by atomic mass is 35.5. The Morgan fingerprint density at radius 3 is 2.76 bits per heavy atom. The van der Waals surface area contributed by atoms with Crippen LogP contribution in [-0.4, -0.2) is 15.8 Å². The molecule has 0 aliphatic heterocycles. The molecule has 0 saturated carbocycles. The molecule has 0 atom stereocenters. The van der Waals surface area contributed by atoms with Crippen molar-refractivity contribution < 1.29 is 4.79 Å². The number of hydrogen-bond donors (Lipinski definition) is 1. The third-order valence-electron chi connectivity index (χ3n) is 2.46. The van der Waals surface area contributed by atoms with Crippen molar-refractivity contribution in [3.63, 3.8) is 0 Å². The molecule has 0 amide bonds. The Balaban J connectivity index is 2.22. The van der Waals surface area contributed by atoms with E-state index in [1.807, 2.05) is 6.92 Å². The number of H-pyrrole nitrogens is 1. The van der Waals surface area contributed by atoms with Gasteiger partial charge in [-0.3, -0.25) is 4.79 Å². The summed E-state index contributed by atoms with van der Waals surface area (Å²) in [5.74, 6) is -0.0621. The molecule has 0 radical (unpaired) electrons. The van der Waals surface area contributed by atoms with E-state index in [1.165, 1.54) is 6.33 Å². The van der Waals surface area contributed by atoms with E-state index < -0.39 is 0 Å². The Labute approximate surface area is 109 Å². The Kier molecular flexibility index (Phi) is 3.50. The third kappa shape index (κ3) is 2.68. The van der Waals surface area contributed by atoms with Crippen LogP contribution in [0.25, 0.3) is 0 Å². The molecule has 3 nitrogen and oxygen atoms in total. The van der Waals surface area contributed by atoms with E-state index in [4.69, 9.17) is 23.2 Å². The molecular formula is C12H10Cl2N2O. The summed E-state index contributed by atoms with van der Waals surface area (Å²) < 4.78 is 0. The number of aromatic amines is 1. The quantitative estimate of drug-likeness (QED) is 0.867. The molecule has 2 rings (SSSR count). The van der Waals surface area contributed by atoms with Gasteiger partial charge >= 0.3 is 0 Å². The van der Waals surface area contributed by atoms with Gasteiger partial charge in [-0.1, -0.05) is 29.3 Å². The van der Waals surface area contributed by atoms with Gasteiger partial charge in [0.2, 0.25) is 0 Å². The minimum absolute atomic E-state index is 0.0621. The summed E-state index contributed by atoms with van der Waals surface area (Å²) in [6, 6.07) is 5.10. The number of ketones is 1. The molecule has 1 heterocycles. The fourth-order valence-electron chi connectivity index (χ4n) is 1.56. The zero-order chi connectivity index (χ0) is 12.4. The lowest BCUT2D eigenvalue weighted by Crippen LogP contribution is -2.06. The minimum atomic E-state index is -0.0621. The summed E-state index contributed by atoms with van der Waals surface area (Å²) in [5.41, 5.74) is 1.97. The molecular weight excluding hydrogens is 259 g/mol. The maximum Gasteiger partial charge on any atom is 0.187 e. The molecule has 0 fully saturated rings. The zero-order valence-corrected chi connectivity index (χ0v) is 10.6. The first kappa shape index (κ1) is 12.1. The third-order valence-corrected chi connectivity index (χ3v) is 3.05. The molecule has 17 heavy (non-hydrogen) atoms. The lowest BCUT2D eigenvalue weighted by molar-refractivity contribution is 0.0988. The number of aryl methyl sites for hydroxylation is 1. The van der Waals surface area contributed by atoms with Gasteiger partial charge in [0.1, 0.15) is 5.69 Å². The smallest absolute Gasteiger partial charge is 0.187 e. The molecule has 0 aliphatic carbocycles. The lowest BCUT2D eigenvalue weighted by atomic mass is 10.1. The number of nitrogens with one attached hydrogen (secondary N) is 1. The van der Waals surface area contributed by atoms with Gasteiger partial charge in [0.05, 0.1) is 6.33 Å². The van der Waals surface area contributed by atoms with Crippen molar-refractivity contribution in [2.75, 3.05) is 0 Å². The maximum atomic E-state index is 12.0. The molecule has 0 aliphatic rings. The van der Waals surface area contributed by atoms with Crippen LogP contribution in [-0.2, 0) is 6.42 Å². The van der Waals surface area contributed by atoms with Crippen LogP contribution in [0.3, 0.4) is 0 Å². The largest absolute Gasteiger partial charge is 0.348 e. The topological polar surface area (TPSA) is 45.8 Å². The number of imidazole rings is 1. The average molecular weight is 269 g/mol. The van der Waals surface area contributed by atoms with Crippen LogP contribution in [0.2, 0.25) is 10.0 Å². The van der Waals surface area contributed by atoms with E-state index in [-0.39, 0.29) is 12.2 Å². The van der Waals surface area contributed by atoms with E-state index in [1.54, 1.807) is 18.2 Å². The summed E-state index contributed by atoms with van der Waals surface area (Å²) >= 11 is 11.8. The monoisotopic (exact) mass is 268 g/mol. The van der Waals surface area contributed by atoms with Crippen molar-refractivity contribution in [3.8, 4) is 0 Å². The van der Waals surface area contributed by atoms with Crippen LogP contribution in [0, 0.1) is 6.92 Å². The Morgan fingerprint density at radius 2 is 2.18 bits per heavy atom. The maximum absolute atomic E-state index is 12.0. The molecule has 0 saturated heterocycles. The first-order valence-corrected chi connectivity index (χ1v) is 5.80. The predicted octanol–water partition coefficient (Wildman–Crippen LogP) is 3.45. The minimum Gasteiger partial charge on any atom is -0.348 e. The standard InChI is InChI=1S/C12H10Cl2N2O/c1-7-12(16-6-15-7)11(17)4-8-2-3-9(13)5-10(8)14/h2-3,5-6H,4H2,1H3,(H,15,16). The van der Waals surface area contributed by atoms with E-state index >= 15 is 0 Å². The van der Waals surface area contributed by atoms with Crippen molar-refractivity contribution in [3.05, 3.63) is 51.5 Å². The molecule has 1 aromatic carbocycles. The molecule has 0 bridgehead atoms. The highest BCUT2D eigenvalue weighted by Crippen LogP contribution is 2.22. The average Bonchev–Trinajstić information content (AvgIpc) is 2.68. The van der Waals surface area contributed by atoms with Crippen molar-refractivity contribution in [2.45, 2.75) is 13.3 Å². The van der Waals surface area contributed by atoms with Crippen LogP contribution in [0.5, 0.6) is 0 Å². The number of Topliss-reactive ketones (excluding diaryl/α,β-unsaturated/α-hetero) is 1. The van der Waals surface area contributed by atoms with Crippen LogP contribution < -0.4 is 0 Å². The fourth-order valence-corrected chi connectivity index (χ4v) is 2.04. The van der Waals surface area contributed by atoms with E-state index in [2.05, 4.69) is 9.97 Å². The van der Waals surface area contributed by atoms with E-state index in [0.29, 0.717) is 15.7 Å². The molecule has 0 spiro atoms. The molecule has 5 heteroatoms. The number of benzene rings is 1.